The average molecular weight is 268 g/mol. The van der Waals surface area contributed by atoms with E-state index in [9.17, 15) is 0 Å². The summed E-state index contributed by atoms with van der Waals surface area (Å²) in [7, 11) is 0. The van der Waals surface area contributed by atoms with Crippen LogP contribution in [0.3, 0.4) is 0 Å². The van der Waals surface area contributed by atoms with Crippen molar-refractivity contribution in [3.63, 3.8) is 0 Å². The van der Waals surface area contributed by atoms with E-state index in [1.165, 1.54) is 32.2 Å². The summed E-state index contributed by atoms with van der Waals surface area (Å²) >= 11 is 0. The number of hydrogen-bond donors (Lipinski definition) is 1. The van der Waals surface area contributed by atoms with E-state index < -0.39 is 0 Å². The van der Waals surface area contributed by atoms with Crippen LogP contribution in [0, 0.1) is 5.92 Å². The lowest BCUT2D eigenvalue weighted by Crippen LogP contribution is -2.69. The predicted octanol–water partition coefficient (Wildman–Crippen LogP) is 4.05. The maximum atomic E-state index is 3.81. The molecule has 0 bridgehead atoms. The highest BCUT2D eigenvalue weighted by atomic mass is 15.3. The average Bonchev–Trinajstić information content (AvgIpc) is 2.41. The zero-order valence-corrected chi connectivity index (χ0v) is 14.3. The summed E-state index contributed by atoms with van der Waals surface area (Å²) in [6.45, 7) is 18.9. The second-order valence-electron chi connectivity index (χ2n) is 7.02. The highest BCUT2D eigenvalue weighted by molar-refractivity contribution is 5.02. The lowest BCUT2D eigenvalue weighted by Gasteiger charge is -2.56. The van der Waals surface area contributed by atoms with Crippen molar-refractivity contribution in [1.29, 1.82) is 0 Å². The van der Waals surface area contributed by atoms with E-state index in [-0.39, 0.29) is 5.54 Å². The molecule has 0 aromatic carbocycles. The highest BCUT2D eigenvalue weighted by Crippen LogP contribution is 2.35. The molecule has 2 unspecified atom stereocenters. The van der Waals surface area contributed by atoms with Crippen LogP contribution in [0.1, 0.15) is 74.1 Å². The largest absolute Gasteiger partial charge is 0.309 e. The molecule has 1 fully saturated rings. The summed E-state index contributed by atoms with van der Waals surface area (Å²) in [5, 5.41) is 3.81. The van der Waals surface area contributed by atoms with Crippen molar-refractivity contribution >= 4 is 0 Å². The Morgan fingerprint density at radius 3 is 2.05 bits per heavy atom. The molecule has 1 heterocycles. The summed E-state index contributed by atoms with van der Waals surface area (Å²) in [5.74, 6) is 0.720. The van der Waals surface area contributed by atoms with Crippen LogP contribution in [0.5, 0.6) is 0 Å². The van der Waals surface area contributed by atoms with Gasteiger partial charge in [-0.2, -0.15) is 0 Å². The number of hydrogen-bond acceptors (Lipinski definition) is 2. The van der Waals surface area contributed by atoms with Gasteiger partial charge in [-0.15, -0.1) is 0 Å². The van der Waals surface area contributed by atoms with Crippen molar-refractivity contribution in [2.24, 2.45) is 5.92 Å². The van der Waals surface area contributed by atoms with E-state index in [2.05, 4.69) is 58.7 Å². The van der Waals surface area contributed by atoms with Crippen LogP contribution in [0.25, 0.3) is 0 Å². The molecular formula is C17H36N2. The molecule has 1 aliphatic heterocycles. The fraction of sp³-hybridized carbons (Fsp3) is 1.00. The van der Waals surface area contributed by atoms with Gasteiger partial charge in [-0.25, -0.2) is 0 Å². The summed E-state index contributed by atoms with van der Waals surface area (Å²) in [4.78, 5) is 2.86. The predicted molar refractivity (Wildman–Crippen MR) is 85.6 cm³/mol. The summed E-state index contributed by atoms with van der Waals surface area (Å²) in [6.07, 6.45) is 5.01. The normalized spacial score (nSPS) is 30.0. The van der Waals surface area contributed by atoms with Crippen LogP contribution in [-0.2, 0) is 0 Å². The Kier molecular flexibility index (Phi) is 5.88. The Morgan fingerprint density at radius 1 is 1.16 bits per heavy atom. The lowest BCUT2D eigenvalue weighted by atomic mass is 9.80. The molecule has 0 amide bonds. The Balaban J connectivity index is 3.06. The molecule has 0 radical (unpaired) electrons. The zero-order valence-electron chi connectivity index (χ0n) is 14.3. The van der Waals surface area contributed by atoms with Gasteiger partial charge in [0.05, 0.1) is 0 Å². The van der Waals surface area contributed by atoms with Crippen molar-refractivity contribution in [3.05, 3.63) is 0 Å². The Bertz CT molecular complexity index is 262. The molecule has 0 aromatic heterocycles. The van der Waals surface area contributed by atoms with Crippen molar-refractivity contribution in [2.45, 2.75) is 91.3 Å². The third-order valence-electron chi connectivity index (χ3n) is 5.79. The second-order valence-corrected chi connectivity index (χ2v) is 7.02. The van der Waals surface area contributed by atoms with Crippen LogP contribution >= 0.6 is 0 Å². The molecule has 2 heteroatoms. The monoisotopic (exact) mass is 268 g/mol. The lowest BCUT2D eigenvalue weighted by molar-refractivity contribution is -0.0379. The van der Waals surface area contributed by atoms with Crippen LogP contribution in [0.4, 0.5) is 0 Å². The summed E-state index contributed by atoms with van der Waals surface area (Å²) in [5.41, 5.74) is 0.684. The molecule has 0 aromatic rings. The van der Waals surface area contributed by atoms with E-state index in [1.807, 2.05) is 0 Å². The Labute approximate surface area is 121 Å². The fourth-order valence-electron chi connectivity index (χ4n) is 3.72. The molecular weight excluding hydrogens is 232 g/mol. The van der Waals surface area contributed by atoms with Gasteiger partial charge < -0.3 is 5.32 Å². The molecule has 2 atom stereocenters. The number of nitrogens with one attached hydrogen (secondary N) is 1. The fourth-order valence-corrected chi connectivity index (χ4v) is 3.72. The van der Waals surface area contributed by atoms with Crippen LogP contribution < -0.4 is 5.32 Å². The first-order valence-corrected chi connectivity index (χ1v) is 8.39. The molecule has 0 aliphatic carbocycles. The van der Waals surface area contributed by atoms with Gasteiger partial charge in [0.2, 0.25) is 0 Å². The second kappa shape index (κ2) is 6.58. The van der Waals surface area contributed by atoms with Crippen LogP contribution in [-0.4, -0.2) is 35.1 Å². The minimum Gasteiger partial charge on any atom is -0.309 e. The van der Waals surface area contributed by atoms with Crippen LogP contribution in [0.2, 0.25) is 0 Å². The SMILES string of the molecule is CCC1(C)CN(C(CC)(CC)CC)C(C(C)C)CN1. The first-order valence-electron chi connectivity index (χ1n) is 8.39. The van der Waals surface area contributed by atoms with E-state index in [0.717, 1.165) is 12.5 Å². The van der Waals surface area contributed by atoms with Crippen molar-refractivity contribution in [3.8, 4) is 0 Å². The first-order chi connectivity index (χ1) is 8.88. The summed E-state index contributed by atoms with van der Waals surface area (Å²) in [6, 6.07) is 0.680. The molecule has 19 heavy (non-hydrogen) atoms. The first kappa shape index (κ1) is 17.0. The zero-order chi connectivity index (χ0) is 14.7. The van der Waals surface area contributed by atoms with Crippen molar-refractivity contribution in [2.75, 3.05) is 13.1 Å². The number of piperazine rings is 1. The maximum absolute atomic E-state index is 3.81. The van der Waals surface area contributed by atoms with E-state index in [4.69, 9.17) is 0 Å². The number of nitrogens with zero attached hydrogens (tertiary/aromatic N) is 1. The molecule has 114 valence electrons. The molecule has 1 N–H and O–H groups in total. The van der Waals surface area contributed by atoms with Gasteiger partial charge in [0.1, 0.15) is 0 Å². The highest BCUT2D eigenvalue weighted by Gasteiger charge is 2.44. The molecule has 0 spiro atoms. The van der Waals surface area contributed by atoms with Crippen molar-refractivity contribution in [1.82, 2.24) is 10.2 Å². The standard InChI is InChI=1S/C17H36N2/c1-8-16(7)13-19(15(12-18-16)14(5)6)17(9-2,10-3)11-4/h14-15,18H,8-13H2,1-7H3. The van der Waals surface area contributed by atoms with Gasteiger partial charge in [-0.3, -0.25) is 4.90 Å². The van der Waals surface area contributed by atoms with E-state index in [0.29, 0.717) is 11.6 Å². The van der Waals surface area contributed by atoms with Gasteiger partial charge in [0.15, 0.2) is 0 Å². The molecule has 0 saturated carbocycles. The minimum atomic E-state index is 0.288. The molecule has 1 rings (SSSR count). The Hall–Kier alpha value is -0.0800. The number of rotatable bonds is 6. The van der Waals surface area contributed by atoms with Gasteiger partial charge in [-0.05, 0) is 38.5 Å². The smallest absolute Gasteiger partial charge is 0.0278 e. The quantitative estimate of drug-likeness (QED) is 0.781. The molecule has 1 aliphatic rings. The molecule has 2 nitrogen and oxygen atoms in total. The van der Waals surface area contributed by atoms with Gasteiger partial charge in [0.25, 0.3) is 0 Å². The van der Waals surface area contributed by atoms with E-state index >= 15 is 0 Å². The minimum absolute atomic E-state index is 0.288. The third kappa shape index (κ3) is 3.33. The third-order valence-corrected chi connectivity index (χ3v) is 5.79. The molecule has 1 saturated heterocycles. The van der Waals surface area contributed by atoms with Crippen LogP contribution in [0.15, 0.2) is 0 Å². The topological polar surface area (TPSA) is 15.3 Å². The Morgan fingerprint density at radius 2 is 1.68 bits per heavy atom. The maximum Gasteiger partial charge on any atom is 0.0278 e. The van der Waals surface area contributed by atoms with E-state index in [1.54, 1.807) is 0 Å². The summed E-state index contributed by atoms with van der Waals surface area (Å²) < 4.78 is 0. The van der Waals surface area contributed by atoms with Crippen molar-refractivity contribution < 1.29 is 0 Å². The van der Waals surface area contributed by atoms with Gasteiger partial charge in [0, 0.05) is 30.2 Å². The van der Waals surface area contributed by atoms with Gasteiger partial charge in [-0.1, -0.05) is 41.5 Å². The van der Waals surface area contributed by atoms with Gasteiger partial charge >= 0.3 is 0 Å².